The third-order valence-corrected chi connectivity index (χ3v) is 7.84. The summed E-state index contributed by atoms with van der Waals surface area (Å²) in [5, 5.41) is 6.75. The standard InChI is InChI=1S/C28H36N4O5S/c1-7-26(33)32(6)24(16-18(2)3)27(34)29-17-21-12-14-22(15-13-21)23-10-8-9-11-25(23)38(35,36)31-28-19(4)20(5)30-37-28/h8-15,18,24,31H,7,16-17H2,1-6H3,(H,29,34)/t24-/m0/s1. The van der Waals surface area contributed by atoms with Crippen LogP contribution in [0.4, 0.5) is 5.88 Å². The second-order valence-corrected chi connectivity index (χ2v) is 11.4. The van der Waals surface area contributed by atoms with Crippen LogP contribution in [0.5, 0.6) is 0 Å². The average Bonchev–Trinajstić information content (AvgIpc) is 3.21. The molecule has 3 rings (SSSR count). The van der Waals surface area contributed by atoms with Crippen molar-refractivity contribution in [3.63, 3.8) is 0 Å². The number of likely N-dealkylation sites (N-methyl/N-ethyl adjacent to an activating group) is 1. The molecule has 0 bridgehead atoms. The quantitative estimate of drug-likeness (QED) is 0.365. The average molecular weight is 541 g/mol. The van der Waals surface area contributed by atoms with Crippen molar-refractivity contribution in [2.75, 3.05) is 11.8 Å². The summed E-state index contributed by atoms with van der Waals surface area (Å²) in [6.07, 6.45) is 0.906. The van der Waals surface area contributed by atoms with Gasteiger partial charge in [-0.3, -0.25) is 9.59 Å². The molecule has 0 saturated heterocycles. The second kappa shape index (κ2) is 12.3. The van der Waals surface area contributed by atoms with Crippen molar-refractivity contribution in [1.82, 2.24) is 15.4 Å². The molecule has 3 aromatic rings. The Bertz CT molecular complexity index is 1380. The molecular formula is C28H36N4O5S. The van der Waals surface area contributed by atoms with E-state index >= 15 is 0 Å². The van der Waals surface area contributed by atoms with Crippen molar-refractivity contribution in [2.45, 2.75) is 64.9 Å². The fourth-order valence-electron chi connectivity index (χ4n) is 4.05. The predicted molar refractivity (Wildman–Crippen MR) is 147 cm³/mol. The van der Waals surface area contributed by atoms with Gasteiger partial charge >= 0.3 is 0 Å². The van der Waals surface area contributed by atoms with Gasteiger partial charge in [-0.1, -0.05) is 68.4 Å². The van der Waals surface area contributed by atoms with Crippen LogP contribution in [-0.4, -0.2) is 43.4 Å². The Hall–Kier alpha value is -3.66. The van der Waals surface area contributed by atoms with Gasteiger partial charge in [-0.25, -0.2) is 13.1 Å². The first-order valence-corrected chi connectivity index (χ1v) is 14.1. The zero-order chi connectivity index (χ0) is 28.0. The van der Waals surface area contributed by atoms with E-state index in [4.69, 9.17) is 4.52 Å². The first kappa shape index (κ1) is 28.9. The van der Waals surface area contributed by atoms with E-state index in [1.807, 2.05) is 38.1 Å². The fraction of sp³-hybridized carbons (Fsp3) is 0.393. The minimum absolute atomic E-state index is 0.0770. The number of rotatable bonds is 11. The molecule has 38 heavy (non-hydrogen) atoms. The highest BCUT2D eigenvalue weighted by Crippen LogP contribution is 2.30. The Morgan fingerprint density at radius 1 is 1.05 bits per heavy atom. The molecule has 1 heterocycles. The van der Waals surface area contributed by atoms with Crippen LogP contribution in [0.3, 0.4) is 0 Å². The normalized spacial score (nSPS) is 12.3. The summed E-state index contributed by atoms with van der Waals surface area (Å²) in [7, 11) is -2.28. The minimum atomic E-state index is -3.94. The van der Waals surface area contributed by atoms with Crippen molar-refractivity contribution >= 4 is 27.7 Å². The number of nitrogens with zero attached hydrogens (tertiary/aromatic N) is 2. The lowest BCUT2D eigenvalue weighted by Gasteiger charge is -2.28. The maximum atomic E-state index is 13.2. The van der Waals surface area contributed by atoms with Crippen LogP contribution in [0.15, 0.2) is 57.9 Å². The molecule has 0 radical (unpaired) electrons. The Labute approximate surface area is 224 Å². The molecular weight excluding hydrogens is 504 g/mol. The van der Waals surface area contributed by atoms with E-state index in [1.54, 1.807) is 46.0 Å². The summed E-state index contributed by atoms with van der Waals surface area (Å²) >= 11 is 0. The smallest absolute Gasteiger partial charge is 0.264 e. The molecule has 204 valence electrons. The number of aryl methyl sites for hydroxylation is 1. The number of nitrogens with one attached hydrogen (secondary N) is 2. The lowest BCUT2D eigenvalue weighted by Crippen LogP contribution is -2.48. The van der Waals surface area contributed by atoms with E-state index in [-0.39, 0.29) is 35.1 Å². The molecule has 10 heteroatoms. The van der Waals surface area contributed by atoms with Gasteiger partial charge in [-0.05, 0) is 43.4 Å². The van der Waals surface area contributed by atoms with E-state index in [2.05, 4.69) is 15.2 Å². The molecule has 2 amide bonds. The molecule has 0 saturated carbocycles. The van der Waals surface area contributed by atoms with Crippen molar-refractivity contribution in [3.05, 3.63) is 65.4 Å². The van der Waals surface area contributed by atoms with Crippen LogP contribution >= 0.6 is 0 Å². The Kier molecular flexibility index (Phi) is 9.32. The van der Waals surface area contributed by atoms with E-state index in [1.165, 1.54) is 11.0 Å². The van der Waals surface area contributed by atoms with E-state index in [9.17, 15) is 18.0 Å². The molecule has 0 aliphatic rings. The highest BCUT2D eigenvalue weighted by Gasteiger charge is 2.27. The van der Waals surface area contributed by atoms with E-state index in [0.29, 0.717) is 35.2 Å². The lowest BCUT2D eigenvalue weighted by atomic mass is 10.0. The molecule has 1 atom stereocenters. The number of aromatic nitrogens is 1. The molecule has 2 N–H and O–H groups in total. The molecule has 9 nitrogen and oxygen atoms in total. The van der Waals surface area contributed by atoms with Gasteiger partial charge in [0.25, 0.3) is 10.0 Å². The van der Waals surface area contributed by atoms with Gasteiger partial charge in [0, 0.05) is 31.1 Å². The van der Waals surface area contributed by atoms with E-state index in [0.717, 1.165) is 5.56 Å². The number of anilines is 1. The highest BCUT2D eigenvalue weighted by molar-refractivity contribution is 7.92. The van der Waals surface area contributed by atoms with E-state index < -0.39 is 16.1 Å². The first-order valence-electron chi connectivity index (χ1n) is 12.6. The van der Waals surface area contributed by atoms with Gasteiger partial charge in [0.15, 0.2) is 0 Å². The lowest BCUT2D eigenvalue weighted by molar-refractivity contribution is -0.139. The predicted octanol–water partition coefficient (Wildman–Crippen LogP) is 4.66. The summed E-state index contributed by atoms with van der Waals surface area (Å²) in [5.41, 5.74) is 3.32. The first-order chi connectivity index (χ1) is 17.9. The number of hydrogen-bond donors (Lipinski definition) is 2. The number of benzene rings is 2. The Balaban J connectivity index is 1.76. The molecule has 0 aliphatic heterocycles. The maximum absolute atomic E-state index is 13.2. The van der Waals surface area contributed by atoms with Crippen molar-refractivity contribution in [1.29, 1.82) is 0 Å². The number of hydrogen-bond acceptors (Lipinski definition) is 6. The van der Waals surface area contributed by atoms with Crippen LogP contribution in [0.25, 0.3) is 11.1 Å². The topological polar surface area (TPSA) is 122 Å². The van der Waals surface area contributed by atoms with Gasteiger partial charge in [0.1, 0.15) is 6.04 Å². The fourth-order valence-corrected chi connectivity index (χ4v) is 5.32. The molecule has 0 aliphatic carbocycles. The summed E-state index contributed by atoms with van der Waals surface area (Å²) < 4.78 is 34.0. The highest BCUT2D eigenvalue weighted by atomic mass is 32.2. The molecule has 0 unspecified atom stereocenters. The van der Waals surface area contributed by atoms with Gasteiger partial charge in [0.05, 0.1) is 10.6 Å². The zero-order valence-electron chi connectivity index (χ0n) is 22.7. The second-order valence-electron chi connectivity index (χ2n) is 9.74. The van der Waals surface area contributed by atoms with Gasteiger partial charge < -0.3 is 14.7 Å². The largest absolute Gasteiger partial charge is 0.350 e. The summed E-state index contributed by atoms with van der Waals surface area (Å²) in [6.45, 7) is 9.57. The van der Waals surface area contributed by atoms with Crippen LogP contribution in [-0.2, 0) is 26.2 Å². The summed E-state index contributed by atoms with van der Waals surface area (Å²) in [4.78, 5) is 26.8. The molecule has 2 aromatic carbocycles. The Morgan fingerprint density at radius 2 is 1.71 bits per heavy atom. The zero-order valence-corrected chi connectivity index (χ0v) is 23.6. The van der Waals surface area contributed by atoms with Crippen LogP contribution < -0.4 is 10.0 Å². The number of sulfonamides is 1. The van der Waals surface area contributed by atoms with Crippen molar-refractivity contribution in [3.8, 4) is 11.1 Å². The number of carbonyl (C=O) groups is 2. The SMILES string of the molecule is CCC(=O)N(C)[C@@H](CC(C)C)C(=O)NCc1ccc(-c2ccccc2S(=O)(=O)Nc2onc(C)c2C)cc1. The van der Waals surface area contributed by atoms with Crippen LogP contribution in [0.1, 0.15) is 50.4 Å². The van der Waals surface area contributed by atoms with Crippen LogP contribution in [0, 0.1) is 19.8 Å². The molecule has 1 aromatic heterocycles. The summed E-state index contributed by atoms with van der Waals surface area (Å²) in [5.74, 6) is 0.0600. The third-order valence-electron chi connectivity index (χ3n) is 6.45. The van der Waals surface area contributed by atoms with Gasteiger partial charge in [-0.2, -0.15) is 0 Å². The van der Waals surface area contributed by atoms with Crippen molar-refractivity contribution < 1.29 is 22.5 Å². The Morgan fingerprint density at radius 3 is 2.29 bits per heavy atom. The van der Waals surface area contributed by atoms with Crippen LogP contribution in [0.2, 0.25) is 0 Å². The number of amides is 2. The summed E-state index contributed by atoms with van der Waals surface area (Å²) in [6, 6.07) is 13.5. The monoisotopic (exact) mass is 540 g/mol. The molecule has 0 spiro atoms. The van der Waals surface area contributed by atoms with Gasteiger partial charge in [0.2, 0.25) is 17.7 Å². The minimum Gasteiger partial charge on any atom is -0.350 e. The van der Waals surface area contributed by atoms with Crippen molar-refractivity contribution in [2.24, 2.45) is 5.92 Å². The number of carbonyl (C=O) groups excluding carboxylic acids is 2. The maximum Gasteiger partial charge on any atom is 0.264 e. The molecule has 0 fully saturated rings. The third kappa shape index (κ3) is 6.80. The van der Waals surface area contributed by atoms with Gasteiger partial charge in [-0.15, -0.1) is 0 Å².